The van der Waals surface area contributed by atoms with Crippen molar-refractivity contribution in [3.8, 4) is 6.19 Å². The Kier molecular flexibility index (Phi) is 8.09. The van der Waals surface area contributed by atoms with Crippen LogP contribution in [-0.4, -0.2) is 33.8 Å². The normalized spacial score (nSPS) is 11.6. The molecule has 3 rings (SSSR count). The number of nitrogens with zero attached hydrogens (tertiary/aromatic N) is 4. The van der Waals surface area contributed by atoms with Crippen molar-refractivity contribution in [2.45, 2.75) is 19.4 Å². The summed E-state index contributed by atoms with van der Waals surface area (Å²) in [4.78, 5) is 28.8. The third-order valence-corrected chi connectivity index (χ3v) is 5.03. The van der Waals surface area contributed by atoms with Crippen molar-refractivity contribution in [3.05, 3.63) is 112 Å². The third-order valence-electron chi connectivity index (χ3n) is 5.03. The highest BCUT2D eigenvalue weighted by Crippen LogP contribution is 2.22. The summed E-state index contributed by atoms with van der Waals surface area (Å²) in [6.45, 7) is 3.44. The molecule has 176 valence electrons. The quantitative estimate of drug-likeness (QED) is 0.0791. The van der Waals surface area contributed by atoms with Gasteiger partial charge >= 0.3 is 5.97 Å². The lowest BCUT2D eigenvalue weighted by atomic mass is 10.0. The second-order valence-electron chi connectivity index (χ2n) is 8.18. The van der Waals surface area contributed by atoms with Gasteiger partial charge in [0, 0.05) is 12.1 Å². The second-order valence-corrected chi connectivity index (χ2v) is 8.18. The molecule has 8 nitrogen and oxygen atoms in total. The summed E-state index contributed by atoms with van der Waals surface area (Å²) in [5.74, 6) is -0.212. The summed E-state index contributed by atoms with van der Waals surface area (Å²) in [6, 6.07) is 23.8. The smallest absolute Gasteiger partial charge is 0.338 e. The van der Waals surface area contributed by atoms with Gasteiger partial charge < -0.3 is 4.74 Å². The number of rotatable bonds is 8. The minimum Gasteiger partial charge on any atom is -0.460 e. The van der Waals surface area contributed by atoms with E-state index in [1.165, 1.54) is 29.2 Å². The Labute approximate surface area is 203 Å². The molecule has 0 radical (unpaired) electrons. The lowest BCUT2D eigenvalue weighted by molar-refractivity contribution is -0.384. The Balaban J connectivity index is 1.91. The second kappa shape index (κ2) is 11.4. The van der Waals surface area contributed by atoms with E-state index in [0.717, 1.165) is 5.56 Å². The van der Waals surface area contributed by atoms with E-state index in [1.807, 2.05) is 30.3 Å². The Morgan fingerprint density at radius 1 is 1.06 bits per heavy atom. The lowest BCUT2D eigenvalue weighted by Gasteiger charge is -2.33. The number of hydrogen-bond donors (Lipinski definition) is 0. The van der Waals surface area contributed by atoms with Crippen LogP contribution in [0.3, 0.4) is 0 Å². The molecule has 3 aromatic rings. The SMILES string of the molecule is CC(C)(COC(=O)c1ccccc1)N(C#N)C(/C=C\c1ccccc1)=Nc1ccc([N+](=O)[O-])cc1. The molecule has 0 aliphatic heterocycles. The molecule has 0 fully saturated rings. The number of nitriles is 1. The summed E-state index contributed by atoms with van der Waals surface area (Å²) in [5, 5.41) is 21.0. The molecule has 8 heteroatoms. The summed E-state index contributed by atoms with van der Waals surface area (Å²) in [7, 11) is 0. The highest BCUT2D eigenvalue weighted by Gasteiger charge is 2.31. The predicted molar refractivity (Wildman–Crippen MR) is 134 cm³/mol. The Hall–Kier alpha value is -4.77. The standard InChI is InChI=1S/C27H24N4O4/c1-27(2,19-35-26(32)22-11-7-4-8-12-22)30(20-28)25(18-13-21-9-5-3-6-10-21)29-23-14-16-24(17-15-23)31(33)34/h3-18H,19H2,1-2H3/b18-13-,29-25?. The van der Waals surface area contributed by atoms with E-state index in [4.69, 9.17) is 4.74 Å². The summed E-state index contributed by atoms with van der Waals surface area (Å²) < 4.78 is 5.50. The van der Waals surface area contributed by atoms with Crippen LogP contribution in [0.4, 0.5) is 11.4 Å². The topological polar surface area (TPSA) is 109 Å². The van der Waals surface area contributed by atoms with Crippen molar-refractivity contribution in [1.29, 1.82) is 5.26 Å². The molecule has 0 N–H and O–H groups in total. The van der Waals surface area contributed by atoms with Gasteiger partial charge in [-0.25, -0.2) is 9.79 Å². The maximum Gasteiger partial charge on any atom is 0.338 e. The van der Waals surface area contributed by atoms with Gasteiger partial charge in [-0.2, -0.15) is 5.26 Å². The first-order valence-electron chi connectivity index (χ1n) is 10.8. The van der Waals surface area contributed by atoms with E-state index in [1.54, 1.807) is 56.3 Å². The average molecular weight is 469 g/mol. The van der Waals surface area contributed by atoms with Crippen LogP contribution in [0, 0.1) is 21.6 Å². The van der Waals surface area contributed by atoms with Crippen LogP contribution in [0.5, 0.6) is 0 Å². The monoisotopic (exact) mass is 468 g/mol. The number of esters is 1. The number of aliphatic imine (C=N–C) groups is 1. The average Bonchev–Trinajstić information content (AvgIpc) is 2.87. The fourth-order valence-corrected chi connectivity index (χ4v) is 3.14. The van der Waals surface area contributed by atoms with Crippen LogP contribution in [0.1, 0.15) is 29.8 Å². The van der Waals surface area contributed by atoms with Gasteiger partial charge in [-0.3, -0.25) is 15.0 Å². The van der Waals surface area contributed by atoms with Crippen molar-refractivity contribution in [1.82, 2.24) is 4.90 Å². The molecule has 0 atom stereocenters. The first kappa shape index (κ1) is 24.9. The zero-order valence-electron chi connectivity index (χ0n) is 19.4. The first-order valence-corrected chi connectivity index (χ1v) is 10.8. The zero-order valence-corrected chi connectivity index (χ0v) is 19.4. The van der Waals surface area contributed by atoms with Crippen LogP contribution in [0.25, 0.3) is 6.08 Å². The predicted octanol–water partition coefficient (Wildman–Crippen LogP) is 5.76. The number of benzene rings is 3. The number of nitro benzene ring substituents is 1. The van der Waals surface area contributed by atoms with Crippen LogP contribution in [0.2, 0.25) is 0 Å². The van der Waals surface area contributed by atoms with Crippen LogP contribution in [0.15, 0.2) is 96.0 Å². The highest BCUT2D eigenvalue weighted by molar-refractivity contribution is 5.99. The van der Waals surface area contributed by atoms with Gasteiger partial charge in [0.05, 0.1) is 21.7 Å². The number of carbonyl (C=O) groups excluding carboxylic acids is 1. The van der Waals surface area contributed by atoms with Gasteiger partial charge in [-0.1, -0.05) is 54.6 Å². The first-order chi connectivity index (χ1) is 16.8. The molecule has 0 bridgehead atoms. The molecule has 0 aromatic heterocycles. The van der Waals surface area contributed by atoms with Gasteiger partial charge in [0.15, 0.2) is 6.19 Å². The van der Waals surface area contributed by atoms with Gasteiger partial charge in [0.2, 0.25) is 0 Å². The van der Waals surface area contributed by atoms with Crippen LogP contribution in [-0.2, 0) is 4.74 Å². The molecular formula is C27H24N4O4. The van der Waals surface area contributed by atoms with Crippen molar-refractivity contribution in [2.24, 2.45) is 4.99 Å². The molecular weight excluding hydrogens is 444 g/mol. The van der Waals surface area contributed by atoms with Gasteiger partial charge in [0.25, 0.3) is 5.69 Å². The number of carbonyl (C=O) groups is 1. The van der Waals surface area contributed by atoms with Crippen molar-refractivity contribution in [2.75, 3.05) is 6.61 Å². The number of hydrogen-bond acceptors (Lipinski definition) is 6. The van der Waals surface area contributed by atoms with E-state index in [-0.39, 0.29) is 18.1 Å². The fourth-order valence-electron chi connectivity index (χ4n) is 3.14. The maximum absolute atomic E-state index is 12.4. The lowest BCUT2D eigenvalue weighted by Crippen LogP contribution is -2.47. The molecule has 0 saturated carbocycles. The van der Waals surface area contributed by atoms with Crippen LogP contribution >= 0.6 is 0 Å². The van der Waals surface area contributed by atoms with E-state index in [9.17, 15) is 20.2 Å². The maximum atomic E-state index is 12.4. The van der Waals surface area contributed by atoms with Crippen molar-refractivity contribution < 1.29 is 14.5 Å². The minimum atomic E-state index is -0.945. The Morgan fingerprint density at radius 3 is 2.23 bits per heavy atom. The van der Waals surface area contributed by atoms with E-state index < -0.39 is 16.4 Å². The molecule has 0 aliphatic carbocycles. The number of amidine groups is 1. The molecule has 35 heavy (non-hydrogen) atoms. The molecule has 0 saturated heterocycles. The summed E-state index contributed by atoms with van der Waals surface area (Å²) in [5.41, 5.74) is 0.738. The van der Waals surface area contributed by atoms with E-state index in [0.29, 0.717) is 11.3 Å². The summed E-state index contributed by atoms with van der Waals surface area (Å²) >= 11 is 0. The largest absolute Gasteiger partial charge is 0.460 e. The number of nitro groups is 1. The molecule has 0 unspecified atom stereocenters. The van der Waals surface area contributed by atoms with Crippen molar-refractivity contribution in [3.63, 3.8) is 0 Å². The zero-order chi connectivity index (χ0) is 25.3. The third kappa shape index (κ3) is 6.85. The number of ether oxygens (including phenoxy) is 1. The number of non-ortho nitro benzene ring substituents is 1. The molecule has 3 aromatic carbocycles. The van der Waals surface area contributed by atoms with Gasteiger partial charge in [0.1, 0.15) is 12.4 Å². The van der Waals surface area contributed by atoms with Gasteiger partial charge in [-0.05, 0) is 49.8 Å². The van der Waals surface area contributed by atoms with E-state index in [2.05, 4.69) is 11.2 Å². The van der Waals surface area contributed by atoms with E-state index >= 15 is 0 Å². The van der Waals surface area contributed by atoms with Crippen LogP contribution < -0.4 is 0 Å². The Morgan fingerprint density at radius 2 is 1.66 bits per heavy atom. The Bertz CT molecular complexity index is 1260. The molecule has 0 amide bonds. The highest BCUT2D eigenvalue weighted by atomic mass is 16.6. The van der Waals surface area contributed by atoms with Gasteiger partial charge in [-0.15, -0.1) is 0 Å². The molecule has 0 spiro atoms. The molecule has 0 heterocycles. The fraction of sp³-hybridized carbons (Fsp3) is 0.148. The molecule has 0 aliphatic rings. The summed E-state index contributed by atoms with van der Waals surface area (Å²) in [6.07, 6.45) is 5.63. The van der Waals surface area contributed by atoms with Crippen molar-refractivity contribution >= 4 is 29.3 Å². The minimum absolute atomic E-state index is 0.0596.